The van der Waals surface area contributed by atoms with Crippen LogP contribution in [0.1, 0.15) is 16.7 Å². The Morgan fingerprint density at radius 3 is 2.03 bits per heavy atom. The molecule has 3 rings (SSSR count). The number of hydrogen-bond donors (Lipinski definition) is 3. The molecule has 0 aliphatic carbocycles. The highest BCUT2D eigenvalue weighted by atomic mass is 32.2. The van der Waals surface area contributed by atoms with Crippen LogP contribution in [-0.2, 0) is 10.0 Å². The normalized spacial score (nSPS) is 11.0. The molecule has 0 aromatic heterocycles. The maximum absolute atomic E-state index is 13.1. The average molecular weight is 456 g/mol. The van der Waals surface area contributed by atoms with Gasteiger partial charge in [0.25, 0.3) is 10.0 Å². The number of methoxy groups -OCH3 is 1. The van der Waals surface area contributed by atoms with Crippen molar-refractivity contribution >= 4 is 44.4 Å². The Kier molecular flexibility index (Phi) is 6.82. The number of rotatable bonds is 6. The molecule has 0 bridgehead atoms. The van der Waals surface area contributed by atoms with Gasteiger partial charge in [0.2, 0.25) is 0 Å². The third-order valence-electron chi connectivity index (χ3n) is 4.65. The molecule has 3 aromatic rings. The molecule has 0 atom stereocenters. The second-order valence-corrected chi connectivity index (χ2v) is 9.29. The van der Waals surface area contributed by atoms with Crippen LogP contribution in [0.15, 0.2) is 65.6 Å². The monoisotopic (exact) mass is 455 g/mol. The van der Waals surface area contributed by atoms with Gasteiger partial charge in [0.15, 0.2) is 5.11 Å². The average Bonchev–Trinajstić information content (AvgIpc) is 2.71. The molecule has 0 saturated heterocycles. The molecule has 0 unspecified atom stereocenters. The van der Waals surface area contributed by atoms with Crippen molar-refractivity contribution in [1.29, 1.82) is 0 Å². The van der Waals surface area contributed by atoms with Gasteiger partial charge < -0.3 is 15.4 Å². The first-order valence-electron chi connectivity index (χ1n) is 9.61. The van der Waals surface area contributed by atoms with Crippen LogP contribution >= 0.6 is 12.2 Å². The molecule has 6 nitrogen and oxygen atoms in total. The molecule has 3 aromatic carbocycles. The van der Waals surface area contributed by atoms with Crippen molar-refractivity contribution in [1.82, 2.24) is 0 Å². The van der Waals surface area contributed by atoms with Gasteiger partial charge in [0.1, 0.15) is 10.6 Å². The van der Waals surface area contributed by atoms with Crippen molar-refractivity contribution in [3.63, 3.8) is 0 Å². The van der Waals surface area contributed by atoms with Gasteiger partial charge in [-0.25, -0.2) is 8.42 Å². The zero-order valence-corrected chi connectivity index (χ0v) is 19.4. The second-order valence-electron chi connectivity index (χ2n) is 7.23. The van der Waals surface area contributed by atoms with E-state index in [9.17, 15) is 8.42 Å². The lowest BCUT2D eigenvalue weighted by molar-refractivity contribution is 0.415. The van der Waals surface area contributed by atoms with Gasteiger partial charge in [-0.15, -0.1) is 0 Å². The zero-order valence-electron chi connectivity index (χ0n) is 17.8. The van der Waals surface area contributed by atoms with Crippen LogP contribution in [0.4, 0.5) is 17.1 Å². The summed E-state index contributed by atoms with van der Waals surface area (Å²) in [6, 6.07) is 17.8. The number of aryl methyl sites for hydroxylation is 3. The van der Waals surface area contributed by atoms with Gasteiger partial charge in [-0.1, -0.05) is 23.8 Å². The third kappa shape index (κ3) is 5.74. The molecule has 0 aliphatic heterocycles. The lowest BCUT2D eigenvalue weighted by Crippen LogP contribution is -2.22. The summed E-state index contributed by atoms with van der Waals surface area (Å²) in [5, 5.41) is 6.45. The van der Waals surface area contributed by atoms with E-state index < -0.39 is 10.0 Å². The van der Waals surface area contributed by atoms with Crippen LogP contribution < -0.4 is 20.1 Å². The lowest BCUT2D eigenvalue weighted by atomic mass is 10.1. The van der Waals surface area contributed by atoms with Crippen LogP contribution in [0.5, 0.6) is 5.75 Å². The molecule has 0 aliphatic rings. The largest absolute Gasteiger partial charge is 0.497 e. The number of benzene rings is 3. The van der Waals surface area contributed by atoms with E-state index in [-0.39, 0.29) is 4.90 Å². The molecular weight excluding hydrogens is 430 g/mol. The number of ether oxygens (including phenoxy) is 1. The van der Waals surface area contributed by atoms with E-state index >= 15 is 0 Å². The number of sulfonamides is 1. The molecule has 8 heteroatoms. The van der Waals surface area contributed by atoms with Gasteiger partial charge in [-0.05, 0) is 86.6 Å². The number of nitrogens with one attached hydrogen (secondary N) is 3. The minimum atomic E-state index is -3.86. The highest BCUT2D eigenvalue weighted by Crippen LogP contribution is 2.26. The Bertz CT molecular complexity index is 1210. The van der Waals surface area contributed by atoms with Gasteiger partial charge in [-0.2, -0.15) is 0 Å². The quantitative estimate of drug-likeness (QED) is 0.442. The summed E-state index contributed by atoms with van der Waals surface area (Å²) in [6.07, 6.45) is 0. The van der Waals surface area contributed by atoms with Crippen LogP contribution in [-0.4, -0.2) is 20.6 Å². The summed E-state index contributed by atoms with van der Waals surface area (Å²) < 4.78 is 34.0. The standard InChI is InChI=1S/C23H25N3O3S2/c1-15-5-11-20(17(3)13-15)24-23(30)25-21-12-6-16(2)14-22(21)31(27,28)26-18-7-9-19(29-4)10-8-18/h5-14,26H,1-4H3,(H2,24,25,30). The van der Waals surface area contributed by atoms with Gasteiger partial charge in [-0.3, -0.25) is 4.72 Å². The fourth-order valence-electron chi connectivity index (χ4n) is 3.05. The van der Waals surface area contributed by atoms with E-state index in [2.05, 4.69) is 15.4 Å². The molecule has 0 radical (unpaired) electrons. The summed E-state index contributed by atoms with van der Waals surface area (Å²) in [6.45, 7) is 5.84. The fraction of sp³-hybridized carbons (Fsp3) is 0.174. The van der Waals surface area contributed by atoms with E-state index in [1.807, 2.05) is 45.0 Å². The number of thiocarbonyl (C=S) groups is 1. The van der Waals surface area contributed by atoms with E-state index in [0.29, 0.717) is 22.2 Å². The van der Waals surface area contributed by atoms with Crippen molar-refractivity contribution in [2.75, 3.05) is 22.5 Å². The second kappa shape index (κ2) is 9.36. The molecule has 31 heavy (non-hydrogen) atoms. The first kappa shape index (κ1) is 22.6. The SMILES string of the molecule is COc1ccc(NS(=O)(=O)c2cc(C)ccc2NC(=S)Nc2ccc(C)cc2C)cc1. The Hall–Kier alpha value is -3.10. The molecule has 0 spiro atoms. The van der Waals surface area contributed by atoms with Crippen molar-refractivity contribution in [3.8, 4) is 5.75 Å². The van der Waals surface area contributed by atoms with E-state index in [1.165, 1.54) is 0 Å². The first-order chi connectivity index (χ1) is 14.7. The molecular formula is C23H25N3O3S2. The maximum atomic E-state index is 13.1. The Labute approximate surface area is 188 Å². The summed E-state index contributed by atoms with van der Waals surface area (Å²) in [5.74, 6) is 0.642. The smallest absolute Gasteiger partial charge is 0.263 e. The Morgan fingerprint density at radius 1 is 0.839 bits per heavy atom. The van der Waals surface area contributed by atoms with Crippen LogP contribution in [0.25, 0.3) is 0 Å². The molecule has 0 fully saturated rings. The molecule has 0 heterocycles. The topological polar surface area (TPSA) is 79.5 Å². The Balaban J connectivity index is 1.84. The minimum absolute atomic E-state index is 0.105. The lowest BCUT2D eigenvalue weighted by Gasteiger charge is -2.17. The summed E-state index contributed by atoms with van der Waals surface area (Å²) in [7, 11) is -2.30. The number of hydrogen-bond acceptors (Lipinski definition) is 4. The Morgan fingerprint density at radius 2 is 1.42 bits per heavy atom. The van der Waals surface area contributed by atoms with Gasteiger partial charge in [0, 0.05) is 11.4 Å². The van der Waals surface area contributed by atoms with Crippen LogP contribution in [0, 0.1) is 20.8 Å². The zero-order chi connectivity index (χ0) is 22.6. The molecule has 3 N–H and O–H groups in total. The van der Waals surface area contributed by atoms with Crippen molar-refractivity contribution in [2.24, 2.45) is 0 Å². The molecule has 162 valence electrons. The predicted molar refractivity (Wildman–Crippen MR) is 131 cm³/mol. The van der Waals surface area contributed by atoms with E-state index in [1.54, 1.807) is 43.5 Å². The fourth-order valence-corrected chi connectivity index (χ4v) is 4.58. The minimum Gasteiger partial charge on any atom is -0.497 e. The van der Waals surface area contributed by atoms with Crippen molar-refractivity contribution in [3.05, 3.63) is 77.4 Å². The van der Waals surface area contributed by atoms with Crippen molar-refractivity contribution < 1.29 is 13.2 Å². The maximum Gasteiger partial charge on any atom is 0.263 e. The van der Waals surface area contributed by atoms with Gasteiger partial charge in [0.05, 0.1) is 12.8 Å². The highest BCUT2D eigenvalue weighted by Gasteiger charge is 2.20. The van der Waals surface area contributed by atoms with Crippen molar-refractivity contribution in [2.45, 2.75) is 25.7 Å². The van der Waals surface area contributed by atoms with Crippen LogP contribution in [0.2, 0.25) is 0 Å². The molecule has 0 amide bonds. The van der Waals surface area contributed by atoms with E-state index in [0.717, 1.165) is 22.4 Å². The summed E-state index contributed by atoms with van der Waals surface area (Å²) in [5.41, 5.74) is 4.68. The first-order valence-corrected chi connectivity index (χ1v) is 11.5. The summed E-state index contributed by atoms with van der Waals surface area (Å²) in [4.78, 5) is 0.105. The highest BCUT2D eigenvalue weighted by molar-refractivity contribution is 7.93. The van der Waals surface area contributed by atoms with E-state index in [4.69, 9.17) is 17.0 Å². The van der Waals surface area contributed by atoms with Crippen LogP contribution in [0.3, 0.4) is 0 Å². The summed E-state index contributed by atoms with van der Waals surface area (Å²) >= 11 is 5.43. The predicted octanol–water partition coefficient (Wildman–Crippen LogP) is 5.23. The van der Waals surface area contributed by atoms with Gasteiger partial charge >= 0.3 is 0 Å². The molecule has 0 saturated carbocycles. The third-order valence-corrected chi connectivity index (χ3v) is 6.27. The number of anilines is 3.